The summed E-state index contributed by atoms with van der Waals surface area (Å²) >= 11 is 0. The quantitative estimate of drug-likeness (QED) is 0.813. The fraction of sp³-hybridized carbons (Fsp3) is 0.381. The molecule has 2 aliphatic rings. The van der Waals surface area contributed by atoms with Crippen LogP contribution in [0.1, 0.15) is 21.5 Å². The number of hydrogen-bond acceptors (Lipinski definition) is 6. The molecule has 142 valence electrons. The number of carbonyl (C=O) groups excluding carboxylic acids is 1. The first-order valence-electron chi connectivity index (χ1n) is 8.96. The molecule has 27 heavy (non-hydrogen) atoms. The van der Waals surface area contributed by atoms with Crippen LogP contribution in [-0.4, -0.2) is 50.1 Å². The summed E-state index contributed by atoms with van der Waals surface area (Å²) in [5.41, 5.74) is 7.71. The second kappa shape index (κ2) is 7.05. The second-order valence-corrected chi connectivity index (χ2v) is 7.02. The number of rotatable bonds is 5. The molecule has 4 rings (SSSR count). The third-order valence-electron chi connectivity index (χ3n) is 5.21. The number of ketones is 1. The van der Waals surface area contributed by atoms with Gasteiger partial charge in [0.05, 0.1) is 13.2 Å². The molecule has 2 fully saturated rings. The molecule has 0 spiro atoms. The van der Waals surface area contributed by atoms with E-state index in [-0.39, 0.29) is 18.0 Å². The lowest BCUT2D eigenvalue weighted by Crippen LogP contribution is -2.56. The van der Waals surface area contributed by atoms with E-state index in [1.165, 1.54) is 0 Å². The molecule has 2 aromatic rings. The molecule has 2 saturated heterocycles. The van der Waals surface area contributed by atoms with Gasteiger partial charge in [0.2, 0.25) is 0 Å². The summed E-state index contributed by atoms with van der Waals surface area (Å²) in [5.74, 6) is 0.617. The summed E-state index contributed by atoms with van der Waals surface area (Å²) in [4.78, 5) is 12.6. The Morgan fingerprint density at radius 3 is 2.33 bits per heavy atom. The van der Waals surface area contributed by atoms with Crippen LogP contribution in [0.3, 0.4) is 0 Å². The van der Waals surface area contributed by atoms with E-state index in [1.807, 2.05) is 31.2 Å². The van der Waals surface area contributed by atoms with Crippen LogP contribution in [-0.2, 0) is 14.2 Å². The van der Waals surface area contributed by atoms with Crippen molar-refractivity contribution in [2.75, 3.05) is 20.3 Å². The summed E-state index contributed by atoms with van der Waals surface area (Å²) in [5, 5.41) is 0. The molecule has 2 aromatic carbocycles. The monoisotopic (exact) mass is 369 g/mol. The summed E-state index contributed by atoms with van der Waals surface area (Å²) in [6.45, 7) is 2.69. The van der Waals surface area contributed by atoms with E-state index in [0.717, 1.165) is 5.56 Å². The van der Waals surface area contributed by atoms with Gasteiger partial charge >= 0.3 is 0 Å². The molecule has 0 aliphatic carbocycles. The van der Waals surface area contributed by atoms with Gasteiger partial charge in [-0.3, -0.25) is 10.5 Å². The van der Waals surface area contributed by atoms with Crippen molar-refractivity contribution in [2.24, 2.45) is 5.73 Å². The average Bonchev–Trinajstić information content (AvgIpc) is 3.17. The van der Waals surface area contributed by atoms with E-state index in [9.17, 15) is 4.79 Å². The molecule has 2 N–H and O–H groups in total. The molecule has 6 heteroatoms. The van der Waals surface area contributed by atoms with Crippen molar-refractivity contribution < 1.29 is 23.7 Å². The Labute approximate surface area is 158 Å². The largest absolute Gasteiger partial charge is 0.485 e. The molecule has 0 amide bonds. The normalized spacial score (nSPS) is 29.5. The highest BCUT2D eigenvalue weighted by molar-refractivity contribution is 6.09. The lowest BCUT2D eigenvalue weighted by molar-refractivity contribution is -0.0858. The number of carbonyl (C=O) groups is 1. The number of fused-ring (bicyclic) bond motifs is 1. The van der Waals surface area contributed by atoms with Crippen molar-refractivity contribution in [1.82, 2.24) is 0 Å². The first-order chi connectivity index (χ1) is 13.0. The third-order valence-corrected chi connectivity index (χ3v) is 5.21. The number of ether oxygens (including phenoxy) is 4. The smallest absolute Gasteiger partial charge is 0.193 e. The van der Waals surface area contributed by atoms with Crippen molar-refractivity contribution in [3.05, 3.63) is 65.2 Å². The van der Waals surface area contributed by atoms with Gasteiger partial charge in [-0.2, -0.15) is 0 Å². The second-order valence-electron chi connectivity index (χ2n) is 7.02. The van der Waals surface area contributed by atoms with Crippen LogP contribution in [0, 0.1) is 6.92 Å². The fourth-order valence-corrected chi connectivity index (χ4v) is 3.60. The minimum absolute atomic E-state index is 0.0196. The minimum atomic E-state index is -0.985. The maximum absolute atomic E-state index is 12.6. The predicted octanol–water partition coefficient (Wildman–Crippen LogP) is 2.07. The van der Waals surface area contributed by atoms with Crippen LogP contribution in [0.5, 0.6) is 5.75 Å². The first kappa shape index (κ1) is 18.1. The van der Waals surface area contributed by atoms with Crippen LogP contribution in [0.2, 0.25) is 0 Å². The number of methoxy groups -OCH3 is 1. The van der Waals surface area contributed by atoms with E-state index in [2.05, 4.69) is 0 Å². The van der Waals surface area contributed by atoms with Crippen molar-refractivity contribution in [3.8, 4) is 5.75 Å². The summed E-state index contributed by atoms with van der Waals surface area (Å²) in [6.07, 6.45) is -1.03. The molecule has 6 nitrogen and oxygen atoms in total. The van der Waals surface area contributed by atoms with Crippen LogP contribution in [0.25, 0.3) is 0 Å². The van der Waals surface area contributed by atoms with Crippen molar-refractivity contribution >= 4 is 5.78 Å². The number of nitrogens with two attached hydrogens (primary N) is 1. The van der Waals surface area contributed by atoms with Gasteiger partial charge in [0, 0.05) is 18.2 Å². The van der Waals surface area contributed by atoms with E-state index in [0.29, 0.717) is 30.1 Å². The molecule has 0 aromatic heterocycles. The molecule has 0 radical (unpaired) electrons. The van der Waals surface area contributed by atoms with E-state index < -0.39 is 11.8 Å². The Bertz CT molecular complexity index is 819. The molecule has 4 atom stereocenters. The first-order valence-corrected chi connectivity index (χ1v) is 8.96. The third kappa shape index (κ3) is 3.26. The van der Waals surface area contributed by atoms with E-state index in [1.54, 1.807) is 31.4 Å². The minimum Gasteiger partial charge on any atom is -0.485 e. The predicted molar refractivity (Wildman–Crippen MR) is 98.9 cm³/mol. The van der Waals surface area contributed by atoms with Crippen molar-refractivity contribution in [1.29, 1.82) is 0 Å². The zero-order chi connectivity index (χ0) is 19.0. The van der Waals surface area contributed by atoms with Gasteiger partial charge in [-0.25, -0.2) is 0 Å². The molecule has 2 heterocycles. The molecule has 0 bridgehead atoms. The number of aryl methyl sites for hydroxylation is 1. The van der Waals surface area contributed by atoms with Gasteiger partial charge in [0.15, 0.2) is 17.6 Å². The topological polar surface area (TPSA) is 80.0 Å². The molecule has 2 aliphatic heterocycles. The fourth-order valence-electron chi connectivity index (χ4n) is 3.60. The van der Waals surface area contributed by atoms with E-state index in [4.69, 9.17) is 24.7 Å². The summed E-state index contributed by atoms with van der Waals surface area (Å²) in [7, 11) is 1.59. The SMILES string of the molecule is CO[C@@H]1CO[C@@H]2C(Oc3ccc(C(=O)c4ccc(C)cc4)cc3)CO[C@@]21N. The highest BCUT2D eigenvalue weighted by Gasteiger charge is 2.59. The molecular weight excluding hydrogens is 346 g/mol. The maximum Gasteiger partial charge on any atom is 0.193 e. The highest BCUT2D eigenvalue weighted by Crippen LogP contribution is 2.36. The average molecular weight is 369 g/mol. The Morgan fingerprint density at radius 1 is 1.07 bits per heavy atom. The van der Waals surface area contributed by atoms with Crippen LogP contribution in [0.4, 0.5) is 0 Å². The molecule has 0 saturated carbocycles. The Morgan fingerprint density at radius 2 is 1.70 bits per heavy atom. The lowest BCUT2D eigenvalue weighted by atomic mass is 10.0. The van der Waals surface area contributed by atoms with Gasteiger partial charge in [0.25, 0.3) is 0 Å². The Kier molecular flexibility index (Phi) is 4.74. The van der Waals surface area contributed by atoms with E-state index >= 15 is 0 Å². The van der Waals surface area contributed by atoms with Crippen molar-refractivity contribution in [2.45, 2.75) is 31.0 Å². The van der Waals surface area contributed by atoms with Crippen LogP contribution in [0.15, 0.2) is 48.5 Å². The Balaban J connectivity index is 1.44. The van der Waals surface area contributed by atoms with Gasteiger partial charge in [-0.05, 0) is 31.2 Å². The van der Waals surface area contributed by atoms with Crippen molar-refractivity contribution in [3.63, 3.8) is 0 Å². The van der Waals surface area contributed by atoms with Gasteiger partial charge < -0.3 is 18.9 Å². The Hall–Kier alpha value is -2.25. The standard InChI is InChI=1S/C21H23NO5/c1-13-3-5-14(6-4-13)19(23)15-7-9-16(10-8-15)27-17-11-26-21(22)18(24-2)12-25-20(17)21/h3-10,17-18,20H,11-12,22H2,1-2H3/t17?,18-,20-,21-/m1/s1. The highest BCUT2D eigenvalue weighted by atomic mass is 16.7. The zero-order valence-corrected chi connectivity index (χ0v) is 15.4. The molecular formula is C21H23NO5. The summed E-state index contributed by atoms with van der Waals surface area (Å²) in [6, 6.07) is 14.6. The zero-order valence-electron chi connectivity index (χ0n) is 15.4. The van der Waals surface area contributed by atoms with Crippen LogP contribution < -0.4 is 10.5 Å². The summed E-state index contributed by atoms with van der Waals surface area (Å²) < 4.78 is 22.8. The van der Waals surface area contributed by atoms with Gasteiger partial charge in [0.1, 0.15) is 18.0 Å². The van der Waals surface area contributed by atoms with Gasteiger partial charge in [-0.15, -0.1) is 0 Å². The number of benzene rings is 2. The maximum atomic E-state index is 12.6. The van der Waals surface area contributed by atoms with Crippen LogP contribution >= 0.6 is 0 Å². The number of hydrogen-bond donors (Lipinski definition) is 1. The van der Waals surface area contributed by atoms with Gasteiger partial charge in [-0.1, -0.05) is 29.8 Å². The molecule has 1 unspecified atom stereocenters. The lowest BCUT2D eigenvalue weighted by Gasteiger charge is -2.27.